The van der Waals surface area contributed by atoms with E-state index in [1.165, 1.54) is 0 Å². The van der Waals surface area contributed by atoms with Gasteiger partial charge in [-0.25, -0.2) is 4.79 Å². The summed E-state index contributed by atoms with van der Waals surface area (Å²) in [5.74, 6) is 0. The molecule has 0 saturated heterocycles. The molecule has 0 bridgehead atoms. The minimum absolute atomic E-state index is 0.101. The van der Waals surface area contributed by atoms with Gasteiger partial charge in [0.25, 0.3) is 0 Å². The summed E-state index contributed by atoms with van der Waals surface area (Å²) in [6.45, 7) is 0. The van der Waals surface area contributed by atoms with Crippen molar-refractivity contribution in [3.05, 3.63) is 59.7 Å². The first-order valence-electron chi connectivity index (χ1n) is 6.59. The first-order valence-corrected chi connectivity index (χ1v) is 6.59. The molecule has 1 atom stereocenters. The van der Waals surface area contributed by atoms with E-state index in [-0.39, 0.29) is 12.1 Å². The lowest BCUT2D eigenvalue weighted by molar-refractivity contribution is 0.249. The van der Waals surface area contributed by atoms with Crippen LogP contribution < -0.4 is 15.5 Å². The van der Waals surface area contributed by atoms with Crippen LogP contribution in [0.3, 0.4) is 0 Å². The average Bonchev–Trinajstić information content (AvgIpc) is 2.46. The molecule has 3 rings (SSSR count). The van der Waals surface area contributed by atoms with Gasteiger partial charge in [-0.15, -0.1) is 0 Å². The van der Waals surface area contributed by atoms with Gasteiger partial charge >= 0.3 is 6.03 Å². The van der Waals surface area contributed by atoms with Crippen molar-refractivity contribution in [2.75, 3.05) is 24.3 Å². The quantitative estimate of drug-likeness (QED) is 0.878. The number of fused-ring (bicyclic) bond motifs is 1. The molecule has 0 aliphatic carbocycles. The van der Waals surface area contributed by atoms with Crippen molar-refractivity contribution in [3.8, 4) is 0 Å². The molecule has 4 heteroatoms. The number of carbonyl (C=O) groups is 1. The SMILES string of the molecule is CN(C)c1ccc2c(c1)NC(=O)NC2c1ccccc1. The first kappa shape index (κ1) is 12.5. The van der Waals surface area contributed by atoms with Gasteiger partial charge in [-0.2, -0.15) is 0 Å². The van der Waals surface area contributed by atoms with Gasteiger partial charge in [0.15, 0.2) is 0 Å². The van der Waals surface area contributed by atoms with Gasteiger partial charge < -0.3 is 15.5 Å². The zero-order valence-electron chi connectivity index (χ0n) is 11.6. The molecule has 2 aromatic rings. The smallest absolute Gasteiger partial charge is 0.320 e. The maximum Gasteiger partial charge on any atom is 0.320 e. The van der Waals surface area contributed by atoms with E-state index in [0.29, 0.717) is 0 Å². The first-order chi connectivity index (χ1) is 9.65. The second kappa shape index (κ2) is 4.89. The van der Waals surface area contributed by atoms with Crippen molar-refractivity contribution >= 4 is 17.4 Å². The fraction of sp³-hybridized carbons (Fsp3) is 0.188. The Morgan fingerprint density at radius 2 is 1.80 bits per heavy atom. The van der Waals surface area contributed by atoms with Crippen LogP contribution in [0.4, 0.5) is 16.2 Å². The minimum Gasteiger partial charge on any atom is -0.378 e. The number of urea groups is 1. The maximum absolute atomic E-state index is 11.9. The highest BCUT2D eigenvalue weighted by Gasteiger charge is 2.25. The molecular formula is C16H17N3O. The highest BCUT2D eigenvalue weighted by atomic mass is 16.2. The Balaban J connectivity index is 2.07. The monoisotopic (exact) mass is 267 g/mol. The molecule has 0 fully saturated rings. The third kappa shape index (κ3) is 2.20. The van der Waals surface area contributed by atoms with Crippen LogP contribution in [0.2, 0.25) is 0 Å². The molecule has 2 aromatic carbocycles. The lowest BCUT2D eigenvalue weighted by Gasteiger charge is -2.28. The van der Waals surface area contributed by atoms with E-state index in [4.69, 9.17) is 0 Å². The summed E-state index contributed by atoms with van der Waals surface area (Å²) in [4.78, 5) is 13.9. The molecule has 2 N–H and O–H groups in total. The number of carbonyl (C=O) groups excluding carboxylic acids is 1. The Morgan fingerprint density at radius 1 is 1.05 bits per heavy atom. The standard InChI is InChI=1S/C16H17N3O/c1-19(2)12-8-9-13-14(10-12)17-16(20)18-15(13)11-6-4-3-5-7-11/h3-10,15H,1-2H3,(H2,17,18,20). The van der Waals surface area contributed by atoms with E-state index in [1.807, 2.05) is 55.4 Å². The summed E-state index contributed by atoms with van der Waals surface area (Å²) in [5, 5.41) is 5.85. The van der Waals surface area contributed by atoms with Crippen LogP contribution >= 0.6 is 0 Å². The Labute approximate surface area is 118 Å². The van der Waals surface area contributed by atoms with Gasteiger partial charge in [-0.1, -0.05) is 36.4 Å². The third-order valence-electron chi connectivity index (χ3n) is 3.52. The molecular weight excluding hydrogens is 250 g/mol. The Bertz CT molecular complexity index is 637. The Kier molecular flexibility index (Phi) is 3.06. The van der Waals surface area contributed by atoms with Crippen LogP contribution in [-0.2, 0) is 0 Å². The second-order valence-electron chi connectivity index (χ2n) is 5.11. The van der Waals surface area contributed by atoms with Crippen molar-refractivity contribution in [3.63, 3.8) is 0 Å². The Morgan fingerprint density at radius 3 is 2.50 bits per heavy atom. The van der Waals surface area contributed by atoms with Gasteiger partial charge in [0.2, 0.25) is 0 Å². The summed E-state index contributed by atoms with van der Waals surface area (Å²) >= 11 is 0. The molecule has 102 valence electrons. The number of amides is 2. The van der Waals surface area contributed by atoms with Crippen LogP contribution in [0, 0.1) is 0 Å². The molecule has 0 aromatic heterocycles. The van der Waals surface area contributed by atoms with Crippen LogP contribution in [-0.4, -0.2) is 20.1 Å². The highest BCUT2D eigenvalue weighted by Crippen LogP contribution is 2.33. The normalized spacial score (nSPS) is 16.9. The molecule has 2 amide bonds. The number of nitrogens with one attached hydrogen (secondary N) is 2. The van der Waals surface area contributed by atoms with E-state index in [2.05, 4.69) is 22.8 Å². The van der Waals surface area contributed by atoms with E-state index in [9.17, 15) is 4.79 Å². The largest absolute Gasteiger partial charge is 0.378 e. The van der Waals surface area contributed by atoms with Crippen molar-refractivity contribution in [1.29, 1.82) is 0 Å². The van der Waals surface area contributed by atoms with Gasteiger partial charge in [0.05, 0.1) is 11.7 Å². The molecule has 0 radical (unpaired) electrons. The van der Waals surface area contributed by atoms with E-state index < -0.39 is 0 Å². The van der Waals surface area contributed by atoms with Crippen LogP contribution in [0.1, 0.15) is 17.2 Å². The fourth-order valence-electron chi connectivity index (χ4n) is 2.46. The van der Waals surface area contributed by atoms with Crippen molar-refractivity contribution in [2.45, 2.75) is 6.04 Å². The van der Waals surface area contributed by atoms with Crippen LogP contribution in [0.5, 0.6) is 0 Å². The summed E-state index contributed by atoms with van der Waals surface area (Å²) in [7, 11) is 3.97. The molecule has 0 saturated carbocycles. The van der Waals surface area contributed by atoms with Crippen LogP contribution in [0.25, 0.3) is 0 Å². The van der Waals surface area contributed by atoms with Crippen molar-refractivity contribution < 1.29 is 4.79 Å². The predicted molar refractivity (Wildman–Crippen MR) is 81.2 cm³/mol. The molecule has 1 aliphatic heterocycles. The topological polar surface area (TPSA) is 44.4 Å². The number of hydrogen-bond acceptors (Lipinski definition) is 2. The van der Waals surface area contributed by atoms with Crippen molar-refractivity contribution in [1.82, 2.24) is 5.32 Å². The summed E-state index contributed by atoms with van der Waals surface area (Å²) in [6, 6.07) is 15.9. The molecule has 4 nitrogen and oxygen atoms in total. The minimum atomic E-state index is -0.165. The average molecular weight is 267 g/mol. The van der Waals surface area contributed by atoms with Crippen molar-refractivity contribution in [2.24, 2.45) is 0 Å². The summed E-state index contributed by atoms with van der Waals surface area (Å²) in [5.41, 5.74) is 4.11. The lowest BCUT2D eigenvalue weighted by Crippen LogP contribution is -2.38. The fourth-order valence-corrected chi connectivity index (χ4v) is 2.46. The van der Waals surface area contributed by atoms with Crippen LogP contribution in [0.15, 0.2) is 48.5 Å². The molecule has 1 unspecified atom stereocenters. The summed E-state index contributed by atoms with van der Waals surface area (Å²) in [6.07, 6.45) is 0. The second-order valence-corrected chi connectivity index (χ2v) is 5.11. The number of anilines is 2. The van der Waals surface area contributed by atoms with Gasteiger partial charge in [0.1, 0.15) is 0 Å². The number of nitrogens with zero attached hydrogens (tertiary/aromatic N) is 1. The highest BCUT2D eigenvalue weighted by molar-refractivity contribution is 5.94. The number of hydrogen-bond donors (Lipinski definition) is 2. The molecule has 20 heavy (non-hydrogen) atoms. The van der Waals surface area contributed by atoms with E-state index in [1.54, 1.807) is 0 Å². The zero-order chi connectivity index (χ0) is 14.1. The Hall–Kier alpha value is -2.49. The van der Waals surface area contributed by atoms with Gasteiger partial charge in [0, 0.05) is 25.3 Å². The van der Waals surface area contributed by atoms with E-state index in [0.717, 1.165) is 22.5 Å². The predicted octanol–water partition coefficient (Wildman–Crippen LogP) is 2.98. The zero-order valence-corrected chi connectivity index (χ0v) is 11.6. The van der Waals surface area contributed by atoms with Gasteiger partial charge in [-0.05, 0) is 17.7 Å². The number of benzene rings is 2. The summed E-state index contributed by atoms with van der Waals surface area (Å²) < 4.78 is 0. The third-order valence-corrected chi connectivity index (χ3v) is 3.52. The molecule has 0 spiro atoms. The van der Waals surface area contributed by atoms with Gasteiger partial charge in [-0.3, -0.25) is 0 Å². The maximum atomic E-state index is 11.9. The lowest BCUT2D eigenvalue weighted by atomic mass is 9.95. The van der Waals surface area contributed by atoms with E-state index >= 15 is 0 Å². The molecule has 1 heterocycles. The molecule has 1 aliphatic rings. The number of rotatable bonds is 2.